The number of hydrogen-bond acceptors (Lipinski definition) is 8. The molecule has 0 bridgehead atoms. The van der Waals surface area contributed by atoms with Gasteiger partial charge in [0.05, 0.1) is 13.2 Å². The molecule has 1 aliphatic rings. The summed E-state index contributed by atoms with van der Waals surface area (Å²) in [6, 6.07) is 0. The molecule has 0 aliphatic carbocycles. The van der Waals surface area contributed by atoms with Crippen LogP contribution in [0.5, 0.6) is 0 Å². The third-order valence-electron chi connectivity index (χ3n) is 2.66. The predicted octanol–water partition coefficient (Wildman–Crippen LogP) is 0.393. The maximum Gasteiger partial charge on any atom is 0.303 e. The molecule has 126 valence electrons. The first kappa shape index (κ1) is 18.7. The Labute approximate surface area is 132 Å². The molecule has 0 aromatic heterocycles. The fourth-order valence-corrected chi connectivity index (χ4v) is 2.10. The highest BCUT2D eigenvalue weighted by atomic mass is 35.5. The Hall–Kier alpha value is -1.38. The van der Waals surface area contributed by atoms with Crippen molar-refractivity contribution in [2.24, 2.45) is 0 Å². The lowest BCUT2D eigenvalue weighted by molar-refractivity contribution is -0.279. The topological polar surface area (TPSA) is 97.4 Å². The van der Waals surface area contributed by atoms with E-state index in [9.17, 15) is 14.4 Å². The van der Waals surface area contributed by atoms with E-state index < -0.39 is 42.5 Å². The van der Waals surface area contributed by atoms with Gasteiger partial charge in [-0.2, -0.15) is 0 Å². The van der Waals surface area contributed by atoms with Crippen molar-refractivity contribution in [1.82, 2.24) is 0 Å². The first-order chi connectivity index (χ1) is 10.3. The molecule has 0 aromatic carbocycles. The van der Waals surface area contributed by atoms with Crippen molar-refractivity contribution in [2.45, 2.75) is 45.4 Å². The molecule has 4 atom stereocenters. The molecule has 22 heavy (non-hydrogen) atoms. The Morgan fingerprint density at radius 2 is 1.55 bits per heavy atom. The molecule has 0 amide bonds. The summed E-state index contributed by atoms with van der Waals surface area (Å²) in [5.74, 6) is -1.60. The molecule has 1 heterocycles. The summed E-state index contributed by atoms with van der Waals surface area (Å²) in [7, 11) is 0. The molecular weight excluding hydrogens is 320 g/mol. The van der Waals surface area contributed by atoms with Crippen LogP contribution in [0.4, 0.5) is 0 Å². The maximum absolute atomic E-state index is 11.3. The van der Waals surface area contributed by atoms with E-state index in [-0.39, 0.29) is 19.1 Å². The van der Waals surface area contributed by atoms with E-state index in [4.69, 9.17) is 35.3 Å². The van der Waals surface area contributed by atoms with Gasteiger partial charge in [-0.25, -0.2) is 0 Å². The van der Waals surface area contributed by atoms with Crippen molar-refractivity contribution in [3.8, 4) is 0 Å². The molecular formula is C13H19ClO8. The lowest BCUT2D eigenvalue weighted by Gasteiger charge is -2.40. The molecule has 1 fully saturated rings. The Morgan fingerprint density at radius 3 is 2.05 bits per heavy atom. The van der Waals surface area contributed by atoms with Gasteiger partial charge in [0.2, 0.25) is 0 Å². The summed E-state index contributed by atoms with van der Waals surface area (Å²) in [6.07, 6.45) is -3.97. The number of carbonyl (C=O) groups excluding carboxylic acids is 3. The van der Waals surface area contributed by atoms with Gasteiger partial charge in [-0.05, 0) is 0 Å². The van der Waals surface area contributed by atoms with Crippen LogP contribution in [0, 0.1) is 0 Å². The third kappa shape index (κ3) is 5.78. The summed E-state index contributed by atoms with van der Waals surface area (Å²) in [5, 5.41) is 0. The van der Waals surface area contributed by atoms with Crippen LogP contribution in [-0.4, -0.2) is 61.6 Å². The highest BCUT2D eigenvalue weighted by Gasteiger charge is 2.47. The molecule has 1 aliphatic heterocycles. The fraction of sp³-hybridized carbons (Fsp3) is 0.769. The van der Waals surface area contributed by atoms with Gasteiger partial charge >= 0.3 is 17.9 Å². The minimum Gasteiger partial charge on any atom is -0.456 e. The normalized spacial score (nSPS) is 27.8. The maximum atomic E-state index is 11.3. The van der Waals surface area contributed by atoms with Gasteiger partial charge in [0, 0.05) is 26.7 Å². The molecule has 0 aromatic rings. The van der Waals surface area contributed by atoms with Gasteiger partial charge in [0.1, 0.15) is 0 Å². The molecule has 0 radical (unpaired) electrons. The monoisotopic (exact) mass is 338 g/mol. The van der Waals surface area contributed by atoms with Gasteiger partial charge in [-0.1, -0.05) is 0 Å². The molecule has 0 N–H and O–H groups in total. The number of alkyl halides is 1. The Balaban J connectivity index is 2.95. The molecule has 8 nitrogen and oxygen atoms in total. The molecule has 9 heteroatoms. The molecule has 1 saturated heterocycles. The molecule has 0 unspecified atom stereocenters. The lowest BCUT2D eigenvalue weighted by atomic mass is 10.0. The Morgan fingerprint density at radius 1 is 1.00 bits per heavy atom. The van der Waals surface area contributed by atoms with Crippen LogP contribution in [0.3, 0.4) is 0 Å². The van der Waals surface area contributed by atoms with Gasteiger partial charge in [0.25, 0.3) is 0 Å². The second kappa shape index (κ2) is 8.92. The Kier molecular flexibility index (Phi) is 7.57. The second-order valence-corrected chi connectivity index (χ2v) is 4.94. The van der Waals surface area contributed by atoms with Crippen molar-refractivity contribution in [1.29, 1.82) is 0 Å². The van der Waals surface area contributed by atoms with Crippen molar-refractivity contribution in [3.63, 3.8) is 0 Å². The lowest BCUT2D eigenvalue weighted by Crippen LogP contribution is -2.58. The summed E-state index contributed by atoms with van der Waals surface area (Å²) < 4.78 is 26.1. The molecule has 0 saturated carbocycles. The van der Waals surface area contributed by atoms with Crippen molar-refractivity contribution >= 4 is 29.5 Å². The van der Waals surface area contributed by atoms with Crippen molar-refractivity contribution < 1.29 is 38.1 Å². The van der Waals surface area contributed by atoms with Crippen molar-refractivity contribution in [3.05, 3.63) is 0 Å². The number of ether oxygens (including phenoxy) is 5. The number of halogens is 1. The highest BCUT2D eigenvalue weighted by Crippen LogP contribution is 2.25. The zero-order valence-electron chi connectivity index (χ0n) is 12.6. The van der Waals surface area contributed by atoms with E-state index in [1.807, 2.05) is 0 Å². The minimum atomic E-state index is -1.07. The smallest absolute Gasteiger partial charge is 0.303 e. The average molecular weight is 339 g/mol. The first-order valence-electron chi connectivity index (χ1n) is 6.66. The molecule has 1 rings (SSSR count). The largest absolute Gasteiger partial charge is 0.456 e. The first-order valence-corrected chi connectivity index (χ1v) is 7.19. The van der Waals surface area contributed by atoms with Gasteiger partial charge in [0.15, 0.2) is 24.6 Å². The zero-order chi connectivity index (χ0) is 16.7. The van der Waals surface area contributed by atoms with Crippen LogP contribution in [0.25, 0.3) is 0 Å². The van der Waals surface area contributed by atoms with Gasteiger partial charge in [-0.15, -0.1) is 11.6 Å². The standard InChI is InChI=1S/C13H19ClO8/c1-7(15)20-10-6-19-13(18-5-4-14)12(22-9(3)17)11(10)21-8(2)16/h10-13H,4-6H2,1-3H3/t10-,11+,12-,13-/m1/s1. The van der Waals surface area contributed by atoms with E-state index in [1.165, 1.54) is 20.8 Å². The summed E-state index contributed by atoms with van der Waals surface area (Å²) >= 11 is 5.55. The van der Waals surface area contributed by atoms with E-state index >= 15 is 0 Å². The minimum absolute atomic E-state index is 0.0672. The van der Waals surface area contributed by atoms with Crippen LogP contribution in [0.15, 0.2) is 0 Å². The van der Waals surface area contributed by atoms with Crippen LogP contribution in [0.1, 0.15) is 20.8 Å². The van der Waals surface area contributed by atoms with E-state index in [0.717, 1.165) is 0 Å². The van der Waals surface area contributed by atoms with Gasteiger partial charge < -0.3 is 23.7 Å². The van der Waals surface area contributed by atoms with E-state index in [2.05, 4.69) is 0 Å². The molecule has 0 spiro atoms. The summed E-state index contributed by atoms with van der Waals surface area (Å²) in [4.78, 5) is 33.7. The van der Waals surface area contributed by atoms with Crippen LogP contribution in [0.2, 0.25) is 0 Å². The zero-order valence-corrected chi connectivity index (χ0v) is 13.3. The predicted molar refractivity (Wildman–Crippen MR) is 73.1 cm³/mol. The Bertz CT molecular complexity index is 413. The number of hydrogen-bond donors (Lipinski definition) is 0. The van der Waals surface area contributed by atoms with E-state index in [1.54, 1.807) is 0 Å². The van der Waals surface area contributed by atoms with Gasteiger partial charge in [-0.3, -0.25) is 14.4 Å². The SMILES string of the molecule is CC(=O)O[C@@H]1[C@@H](OC(C)=O)[C@H](OCCCl)OC[C@H]1OC(C)=O. The fourth-order valence-electron chi connectivity index (χ4n) is 2.01. The summed E-state index contributed by atoms with van der Waals surface area (Å²) in [6.45, 7) is 3.68. The number of rotatable bonds is 6. The third-order valence-corrected chi connectivity index (χ3v) is 2.82. The highest BCUT2D eigenvalue weighted by molar-refractivity contribution is 6.17. The summed E-state index contributed by atoms with van der Waals surface area (Å²) in [5.41, 5.74) is 0. The quantitative estimate of drug-likeness (QED) is 0.390. The van der Waals surface area contributed by atoms with E-state index in [0.29, 0.717) is 0 Å². The number of carbonyl (C=O) groups is 3. The second-order valence-electron chi connectivity index (χ2n) is 4.56. The van der Waals surface area contributed by atoms with Crippen LogP contribution < -0.4 is 0 Å². The number of esters is 3. The van der Waals surface area contributed by atoms with Crippen LogP contribution in [-0.2, 0) is 38.1 Å². The average Bonchev–Trinajstić information content (AvgIpc) is 2.40. The van der Waals surface area contributed by atoms with Crippen LogP contribution >= 0.6 is 11.6 Å². The van der Waals surface area contributed by atoms with Crippen molar-refractivity contribution in [2.75, 3.05) is 19.1 Å².